The first-order valence-electron chi connectivity index (χ1n) is 5.71. The summed E-state index contributed by atoms with van der Waals surface area (Å²) in [7, 11) is 0. The van der Waals surface area contributed by atoms with Crippen molar-refractivity contribution in [2.75, 3.05) is 0 Å². The minimum atomic E-state index is -0.625. The zero-order valence-electron chi connectivity index (χ0n) is 9.58. The third kappa shape index (κ3) is 2.42. The lowest BCUT2D eigenvalue weighted by atomic mass is 9.76. The molecule has 1 N–H and O–H groups in total. The van der Waals surface area contributed by atoms with E-state index in [2.05, 4.69) is 25.3 Å². The topological polar surface area (TPSA) is 20.2 Å². The molecule has 1 nitrogen and oxygen atoms in total. The summed E-state index contributed by atoms with van der Waals surface area (Å²) in [4.78, 5) is 0. The van der Waals surface area contributed by atoms with Crippen molar-refractivity contribution in [1.82, 2.24) is 0 Å². The van der Waals surface area contributed by atoms with Gasteiger partial charge in [-0.05, 0) is 24.0 Å². The Hall–Kier alpha value is -1.34. The van der Waals surface area contributed by atoms with Crippen LogP contribution in [0.25, 0.3) is 0 Å². The maximum absolute atomic E-state index is 10.5. The molecule has 1 heteroatoms. The predicted octanol–water partition coefficient (Wildman–Crippen LogP) is 3.26. The third-order valence-electron chi connectivity index (χ3n) is 3.31. The standard InChI is InChI=1S/C15H18O/c1-12-8-9-15(16,10-13(12)2)11-14-6-4-3-5-7-14/h3-7,16H,1-2,8-11H2. The fraction of sp³-hybridized carbons (Fsp3) is 0.333. The van der Waals surface area contributed by atoms with Gasteiger partial charge in [0.05, 0.1) is 5.60 Å². The van der Waals surface area contributed by atoms with E-state index in [4.69, 9.17) is 0 Å². The summed E-state index contributed by atoms with van der Waals surface area (Å²) < 4.78 is 0. The Kier molecular flexibility index (Phi) is 2.97. The first-order valence-corrected chi connectivity index (χ1v) is 5.71. The molecule has 1 saturated carbocycles. The molecule has 0 amide bonds. The van der Waals surface area contributed by atoms with Gasteiger partial charge in [0.2, 0.25) is 0 Å². The van der Waals surface area contributed by atoms with Crippen molar-refractivity contribution < 1.29 is 5.11 Å². The van der Waals surface area contributed by atoms with E-state index in [1.807, 2.05) is 18.2 Å². The molecule has 0 heterocycles. The van der Waals surface area contributed by atoms with Gasteiger partial charge in [-0.25, -0.2) is 0 Å². The van der Waals surface area contributed by atoms with Crippen molar-refractivity contribution in [2.45, 2.75) is 31.3 Å². The fourth-order valence-electron chi connectivity index (χ4n) is 2.30. The van der Waals surface area contributed by atoms with Gasteiger partial charge in [-0.2, -0.15) is 0 Å². The highest BCUT2D eigenvalue weighted by Gasteiger charge is 2.32. The highest BCUT2D eigenvalue weighted by molar-refractivity contribution is 5.31. The summed E-state index contributed by atoms with van der Waals surface area (Å²) in [5.74, 6) is 0. The quantitative estimate of drug-likeness (QED) is 0.801. The van der Waals surface area contributed by atoms with E-state index in [1.165, 1.54) is 5.56 Å². The van der Waals surface area contributed by atoms with Crippen molar-refractivity contribution in [1.29, 1.82) is 0 Å². The molecule has 1 atom stereocenters. The van der Waals surface area contributed by atoms with E-state index >= 15 is 0 Å². The summed E-state index contributed by atoms with van der Waals surface area (Å²) in [6, 6.07) is 10.1. The molecular formula is C15H18O. The molecule has 0 bridgehead atoms. The van der Waals surface area contributed by atoms with E-state index in [9.17, 15) is 5.11 Å². The second-order valence-corrected chi connectivity index (χ2v) is 4.77. The monoisotopic (exact) mass is 214 g/mol. The van der Waals surface area contributed by atoms with E-state index < -0.39 is 5.60 Å². The number of hydrogen-bond donors (Lipinski definition) is 1. The zero-order chi connectivity index (χ0) is 11.6. The lowest BCUT2D eigenvalue weighted by Crippen LogP contribution is -2.35. The maximum atomic E-state index is 10.5. The smallest absolute Gasteiger partial charge is 0.0731 e. The van der Waals surface area contributed by atoms with Crippen LogP contribution in [0.2, 0.25) is 0 Å². The van der Waals surface area contributed by atoms with E-state index in [-0.39, 0.29) is 0 Å². The highest BCUT2D eigenvalue weighted by Crippen LogP contribution is 2.36. The Morgan fingerprint density at radius 2 is 1.81 bits per heavy atom. The molecule has 1 aliphatic carbocycles. The van der Waals surface area contributed by atoms with Crippen LogP contribution in [0.1, 0.15) is 24.8 Å². The average molecular weight is 214 g/mol. The minimum absolute atomic E-state index is 0.625. The molecule has 1 aliphatic rings. The highest BCUT2D eigenvalue weighted by atomic mass is 16.3. The van der Waals surface area contributed by atoms with Crippen LogP contribution in [0.15, 0.2) is 54.6 Å². The molecule has 16 heavy (non-hydrogen) atoms. The Balaban J connectivity index is 2.09. The average Bonchev–Trinajstić information content (AvgIpc) is 2.25. The molecule has 1 unspecified atom stereocenters. The van der Waals surface area contributed by atoms with E-state index in [1.54, 1.807) is 0 Å². The molecule has 1 aromatic rings. The van der Waals surface area contributed by atoms with Crippen LogP contribution in [0.3, 0.4) is 0 Å². The summed E-state index contributed by atoms with van der Waals surface area (Å²) in [5, 5.41) is 10.5. The second-order valence-electron chi connectivity index (χ2n) is 4.77. The Bertz CT molecular complexity index is 405. The fourth-order valence-corrected chi connectivity index (χ4v) is 2.30. The van der Waals surface area contributed by atoms with Gasteiger partial charge < -0.3 is 5.11 Å². The predicted molar refractivity (Wildman–Crippen MR) is 67.2 cm³/mol. The molecule has 0 spiro atoms. The molecule has 0 saturated heterocycles. The number of rotatable bonds is 2. The van der Waals surface area contributed by atoms with Crippen LogP contribution in [-0.2, 0) is 6.42 Å². The molecule has 1 fully saturated rings. The number of hydrogen-bond acceptors (Lipinski definition) is 1. The second kappa shape index (κ2) is 4.26. The molecule has 0 aromatic heterocycles. The summed E-state index contributed by atoms with van der Waals surface area (Å²) >= 11 is 0. The van der Waals surface area contributed by atoms with Crippen LogP contribution >= 0.6 is 0 Å². The molecule has 84 valence electrons. The lowest BCUT2D eigenvalue weighted by molar-refractivity contribution is 0.0267. The molecule has 2 rings (SSSR count). The summed E-state index contributed by atoms with van der Waals surface area (Å²) in [6.45, 7) is 7.93. The van der Waals surface area contributed by atoms with Crippen molar-refractivity contribution in [3.05, 3.63) is 60.2 Å². The first-order chi connectivity index (χ1) is 7.59. The molecule has 1 aromatic carbocycles. The minimum Gasteiger partial charge on any atom is -0.389 e. The molecule has 0 radical (unpaired) electrons. The van der Waals surface area contributed by atoms with Crippen LogP contribution in [0.5, 0.6) is 0 Å². The lowest BCUT2D eigenvalue weighted by Gasteiger charge is -2.34. The van der Waals surface area contributed by atoms with Gasteiger partial charge in [0.15, 0.2) is 0 Å². The van der Waals surface area contributed by atoms with Gasteiger partial charge in [-0.15, -0.1) is 0 Å². The number of benzene rings is 1. The normalized spacial score (nSPS) is 25.8. The largest absolute Gasteiger partial charge is 0.389 e. The molecule has 0 aliphatic heterocycles. The van der Waals surface area contributed by atoms with Gasteiger partial charge in [0.1, 0.15) is 0 Å². The van der Waals surface area contributed by atoms with Crippen molar-refractivity contribution >= 4 is 0 Å². The zero-order valence-corrected chi connectivity index (χ0v) is 9.58. The number of allylic oxidation sites excluding steroid dienone is 1. The van der Waals surface area contributed by atoms with Crippen molar-refractivity contribution in [3.8, 4) is 0 Å². The SMILES string of the molecule is C=C1CCC(O)(Cc2ccccc2)CC1=C. The van der Waals surface area contributed by atoms with Crippen LogP contribution in [0, 0.1) is 0 Å². The van der Waals surface area contributed by atoms with Crippen molar-refractivity contribution in [2.24, 2.45) is 0 Å². The summed E-state index contributed by atoms with van der Waals surface area (Å²) in [6.07, 6.45) is 3.02. The maximum Gasteiger partial charge on any atom is 0.0731 e. The Labute approximate surface area is 97.1 Å². The van der Waals surface area contributed by atoms with Gasteiger partial charge in [-0.3, -0.25) is 0 Å². The van der Waals surface area contributed by atoms with Crippen LogP contribution < -0.4 is 0 Å². The van der Waals surface area contributed by atoms with E-state index in [0.29, 0.717) is 12.8 Å². The third-order valence-corrected chi connectivity index (χ3v) is 3.31. The van der Waals surface area contributed by atoms with Gasteiger partial charge in [-0.1, -0.05) is 49.1 Å². The number of aliphatic hydroxyl groups is 1. The van der Waals surface area contributed by atoms with Crippen LogP contribution in [-0.4, -0.2) is 10.7 Å². The molecular weight excluding hydrogens is 196 g/mol. The Morgan fingerprint density at radius 3 is 2.44 bits per heavy atom. The van der Waals surface area contributed by atoms with Gasteiger partial charge in [0.25, 0.3) is 0 Å². The van der Waals surface area contributed by atoms with Gasteiger partial charge >= 0.3 is 0 Å². The van der Waals surface area contributed by atoms with Crippen LogP contribution in [0.4, 0.5) is 0 Å². The first kappa shape index (κ1) is 11.2. The van der Waals surface area contributed by atoms with Gasteiger partial charge in [0, 0.05) is 12.8 Å². The Morgan fingerprint density at radius 1 is 1.12 bits per heavy atom. The van der Waals surface area contributed by atoms with E-state index in [0.717, 1.165) is 24.0 Å². The van der Waals surface area contributed by atoms with Crippen molar-refractivity contribution in [3.63, 3.8) is 0 Å². The summed E-state index contributed by atoms with van der Waals surface area (Å²) in [5.41, 5.74) is 2.66.